The van der Waals surface area contributed by atoms with E-state index in [0.717, 1.165) is 5.56 Å². The Morgan fingerprint density at radius 2 is 1.22 bits per heavy atom. The second kappa shape index (κ2) is 12.6. The molecule has 7 nitrogen and oxygen atoms in total. The molecule has 0 spiro atoms. The molecule has 0 saturated carbocycles. The summed E-state index contributed by atoms with van der Waals surface area (Å²) >= 11 is 0. The van der Waals surface area contributed by atoms with Gasteiger partial charge in [-0.15, -0.1) is 0 Å². The Morgan fingerprint density at radius 3 is 1.70 bits per heavy atom. The molecule has 3 aromatic carbocycles. The Labute approximate surface area is 216 Å². The summed E-state index contributed by atoms with van der Waals surface area (Å²) in [5.74, 6) is -4.09. The molecule has 0 aromatic heterocycles. The molecule has 1 unspecified atom stereocenters. The first-order chi connectivity index (χ1) is 17.8. The number of carbonyl (C=O) groups is 4. The van der Waals surface area contributed by atoms with Crippen molar-refractivity contribution >= 4 is 23.6 Å². The molecule has 1 N–H and O–H groups in total. The largest absolute Gasteiger partial charge is 0.464 e. The molecular weight excluding hydrogens is 470 g/mol. The summed E-state index contributed by atoms with van der Waals surface area (Å²) in [6, 6.07) is 23.9. The van der Waals surface area contributed by atoms with E-state index >= 15 is 0 Å². The van der Waals surface area contributed by atoms with Crippen LogP contribution in [-0.4, -0.2) is 42.4 Å². The van der Waals surface area contributed by atoms with Crippen molar-refractivity contribution in [3.63, 3.8) is 0 Å². The number of rotatable bonds is 11. The third kappa shape index (κ3) is 6.30. The lowest BCUT2D eigenvalue weighted by atomic mass is 9.74. The minimum absolute atomic E-state index is 0.0472. The average molecular weight is 502 g/mol. The lowest BCUT2D eigenvalue weighted by Gasteiger charge is -2.37. The van der Waals surface area contributed by atoms with Gasteiger partial charge in [0.25, 0.3) is 5.91 Å². The van der Waals surface area contributed by atoms with Crippen molar-refractivity contribution in [3.05, 3.63) is 107 Å². The first-order valence-corrected chi connectivity index (χ1v) is 12.2. The average Bonchev–Trinajstić information content (AvgIpc) is 2.92. The summed E-state index contributed by atoms with van der Waals surface area (Å²) < 4.78 is 10.7. The van der Waals surface area contributed by atoms with Crippen LogP contribution in [0.4, 0.5) is 0 Å². The first-order valence-electron chi connectivity index (χ1n) is 12.2. The van der Waals surface area contributed by atoms with Gasteiger partial charge in [0.05, 0.1) is 13.2 Å². The second-order valence-corrected chi connectivity index (χ2v) is 8.53. The Bertz CT molecular complexity index is 1200. The van der Waals surface area contributed by atoms with Gasteiger partial charge in [-0.1, -0.05) is 78.4 Å². The van der Waals surface area contributed by atoms with Crippen LogP contribution in [0.25, 0.3) is 0 Å². The van der Waals surface area contributed by atoms with Crippen LogP contribution in [0.5, 0.6) is 0 Å². The van der Waals surface area contributed by atoms with E-state index in [2.05, 4.69) is 5.32 Å². The zero-order valence-corrected chi connectivity index (χ0v) is 21.2. The van der Waals surface area contributed by atoms with Gasteiger partial charge >= 0.3 is 11.9 Å². The normalized spacial score (nSPS) is 11.8. The van der Waals surface area contributed by atoms with E-state index in [-0.39, 0.29) is 31.0 Å². The molecule has 0 aliphatic heterocycles. The van der Waals surface area contributed by atoms with E-state index in [1.807, 2.05) is 19.1 Å². The number of hydrogen-bond donors (Lipinski definition) is 1. The molecule has 37 heavy (non-hydrogen) atoms. The third-order valence-corrected chi connectivity index (χ3v) is 6.03. The molecule has 0 aliphatic rings. The molecule has 0 aliphatic carbocycles. The fourth-order valence-corrected chi connectivity index (χ4v) is 4.13. The molecular formula is C30H31NO6. The van der Waals surface area contributed by atoms with E-state index in [0.29, 0.717) is 11.1 Å². The van der Waals surface area contributed by atoms with Gasteiger partial charge in [-0.3, -0.25) is 9.59 Å². The predicted molar refractivity (Wildman–Crippen MR) is 139 cm³/mol. The monoisotopic (exact) mass is 501 g/mol. The molecule has 0 bridgehead atoms. The molecule has 0 fully saturated rings. The Morgan fingerprint density at radius 1 is 0.730 bits per heavy atom. The van der Waals surface area contributed by atoms with E-state index < -0.39 is 29.3 Å². The van der Waals surface area contributed by atoms with Crippen molar-refractivity contribution in [2.45, 2.75) is 38.6 Å². The molecule has 1 amide bonds. The van der Waals surface area contributed by atoms with Gasteiger partial charge < -0.3 is 14.8 Å². The molecule has 0 radical (unpaired) electrons. The number of amides is 1. The highest BCUT2D eigenvalue weighted by atomic mass is 16.6. The van der Waals surface area contributed by atoms with E-state index in [1.165, 1.54) is 0 Å². The number of ether oxygens (including phenoxy) is 2. The minimum Gasteiger partial charge on any atom is -0.464 e. The van der Waals surface area contributed by atoms with Crippen molar-refractivity contribution in [1.82, 2.24) is 5.32 Å². The molecule has 7 heteroatoms. The van der Waals surface area contributed by atoms with Gasteiger partial charge in [-0.25, -0.2) is 9.59 Å². The summed E-state index contributed by atoms with van der Waals surface area (Å²) in [6.45, 7) is 5.00. The number of carbonyl (C=O) groups excluding carboxylic acids is 4. The zero-order chi connectivity index (χ0) is 26.8. The van der Waals surface area contributed by atoms with Crippen LogP contribution in [0.2, 0.25) is 0 Å². The summed E-state index contributed by atoms with van der Waals surface area (Å²) in [6.07, 6.45) is -0.264. The van der Waals surface area contributed by atoms with E-state index in [4.69, 9.17) is 9.47 Å². The predicted octanol–water partition coefficient (Wildman–Crippen LogP) is 4.65. The molecule has 3 aromatic rings. The topological polar surface area (TPSA) is 98.8 Å². The van der Waals surface area contributed by atoms with Crippen LogP contribution in [-0.2, 0) is 19.1 Å². The van der Waals surface area contributed by atoms with Crippen molar-refractivity contribution in [1.29, 1.82) is 0 Å². The number of benzene rings is 3. The number of Topliss-reactive ketones (excluding diaryl/α,β-unsaturated/α-hetero) is 1. The van der Waals surface area contributed by atoms with E-state index in [1.54, 1.807) is 86.6 Å². The summed E-state index contributed by atoms with van der Waals surface area (Å²) in [5, 5.41) is 2.65. The lowest BCUT2D eigenvalue weighted by Crippen LogP contribution is -2.65. The number of esters is 2. The Kier molecular flexibility index (Phi) is 9.33. The lowest BCUT2D eigenvalue weighted by molar-refractivity contribution is -0.167. The molecule has 0 saturated heterocycles. The van der Waals surface area contributed by atoms with Gasteiger partial charge in [0.1, 0.15) is 0 Å². The molecule has 0 heterocycles. The number of ketones is 1. The van der Waals surface area contributed by atoms with Crippen LogP contribution in [0.15, 0.2) is 84.9 Å². The molecule has 1 atom stereocenters. The molecule has 3 rings (SSSR count). The summed E-state index contributed by atoms with van der Waals surface area (Å²) in [5.41, 5.74) is -0.223. The van der Waals surface area contributed by atoms with Gasteiger partial charge in [0.2, 0.25) is 5.54 Å². The van der Waals surface area contributed by atoms with Crippen molar-refractivity contribution < 1.29 is 28.7 Å². The van der Waals surface area contributed by atoms with Crippen molar-refractivity contribution in [3.8, 4) is 0 Å². The number of aryl methyl sites for hydroxylation is 1. The second-order valence-electron chi connectivity index (χ2n) is 8.53. The van der Waals surface area contributed by atoms with Crippen molar-refractivity contribution in [2.75, 3.05) is 13.2 Å². The van der Waals surface area contributed by atoms with Crippen LogP contribution >= 0.6 is 0 Å². The number of hydrogen-bond acceptors (Lipinski definition) is 6. The standard InChI is InChI=1S/C30H31NO6/c1-4-36-28(34)30(29(35)37-5-2,31-27(33)24-14-10-7-11-15-24)25(22-18-16-21(3)17-19-22)20-26(32)23-12-8-6-9-13-23/h6-19,25H,4-5,20H2,1-3H3,(H,31,33). The smallest absolute Gasteiger partial charge is 0.344 e. The number of nitrogens with one attached hydrogen (secondary N) is 1. The van der Waals surface area contributed by atoms with Gasteiger partial charge in [-0.2, -0.15) is 0 Å². The summed E-state index contributed by atoms with van der Waals surface area (Å²) in [4.78, 5) is 54.3. The summed E-state index contributed by atoms with van der Waals surface area (Å²) in [7, 11) is 0. The Balaban J connectivity index is 2.23. The first kappa shape index (κ1) is 27.3. The SMILES string of the molecule is CCOC(=O)C(NC(=O)c1ccccc1)(C(=O)OCC)C(CC(=O)c1ccccc1)c1ccc(C)cc1. The van der Waals surface area contributed by atoms with Gasteiger partial charge in [0.15, 0.2) is 5.78 Å². The maximum Gasteiger partial charge on any atom is 0.344 e. The molecule has 192 valence electrons. The van der Waals surface area contributed by atoms with Crippen molar-refractivity contribution in [2.24, 2.45) is 0 Å². The fraction of sp³-hybridized carbons (Fsp3) is 0.267. The maximum atomic E-state index is 13.7. The highest BCUT2D eigenvalue weighted by Gasteiger charge is 2.57. The highest BCUT2D eigenvalue weighted by Crippen LogP contribution is 2.36. The van der Waals surface area contributed by atoms with Crippen LogP contribution < -0.4 is 5.32 Å². The van der Waals surface area contributed by atoms with E-state index in [9.17, 15) is 19.2 Å². The van der Waals surface area contributed by atoms with Gasteiger partial charge in [-0.05, 0) is 38.5 Å². The fourth-order valence-electron chi connectivity index (χ4n) is 4.13. The Hall–Kier alpha value is -4.26. The van der Waals surface area contributed by atoms with Crippen LogP contribution in [0.1, 0.15) is 58.0 Å². The maximum absolute atomic E-state index is 13.7. The van der Waals surface area contributed by atoms with Crippen LogP contribution in [0, 0.1) is 6.92 Å². The highest BCUT2D eigenvalue weighted by molar-refractivity contribution is 6.12. The zero-order valence-electron chi connectivity index (χ0n) is 21.2. The van der Waals surface area contributed by atoms with Gasteiger partial charge in [0, 0.05) is 23.5 Å². The van der Waals surface area contributed by atoms with Crippen LogP contribution in [0.3, 0.4) is 0 Å². The third-order valence-electron chi connectivity index (χ3n) is 6.03. The quantitative estimate of drug-likeness (QED) is 0.233. The minimum atomic E-state index is -2.32.